The van der Waals surface area contributed by atoms with E-state index in [0.29, 0.717) is 0 Å². The molecule has 0 bridgehead atoms. The Morgan fingerprint density at radius 3 is 2.73 bits per heavy atom. The fraction of sp³-hybridized carbons (Fsp3) is 0.111. The summed E-state index contributed by atoms with van der Waals surface area (Å²) in [4.78, 5) is 0. The largest absolute Gasteiger partial charge is 0.175 e. The van der Waals surface area contributed by atoms with Gasteiger partial charge in [0, 0.05) is 10.8 Å². The summed E-state index contributed by atoms with van der Waals surface area (Å²) in [7, 11) is 0. The zero-order chi connectivity index (χ0) is 8.10. The maximum absolute atomic E-state index is 5.88. The highest BCUT2D eigenvalue weighted by atomic mass is 35.5. The van der Waals surface area contributed by atoms with Crippen LogP contribution in [0.3, 0.4) is 0 Å². The summed E-state index contributed by atoms with van der Waals surface area (Å²) < 4.78 is 0. The Morgan fingerprint density at radius 2 is 2.09 bits per heavy atom. The molecule has 0 N–H and O–H groups in total. The molecule has 1 rings (SSSR count). The van der Waals surface area contributed by atoms with Gasteiger partial charge in [0.05, 0.1) is 0 Å². The van der Waals surface area contributed by atoms with Crippen molar-refractivity contribution in [2.45, 2.75) is 0 Å². The van der Waals surface area contributed by atoms with Crippen LogP contribution in [0.4, 0.5) is 0 Å². The van der Waals surface area contributed by atoms with Crippen LogP contribution < -0.4 is 0 Å². The maximum atomic E-state index is 5.88. The molecule has 0 fully saturated rings. The van der Waals surface area contributed by atoms with Crippen LogP contribution in [0.25, 0.3) is 6.08 Å². The van der Waals surface area contributed by atoms with E-state index in [1.54, 1.807) is 0 Å². The van der Waals surface area contributed by atoms with Gasteiger partial charge in [-0.15, -0.1) is 0 Å². The number of rotatable bonds is 2. The summed E-state index contributed by atoms with van der Waals surface area (Å²) in [6, 6.07) is 7.73. The second kappa shape index (κ2) is 4.47. The van der Waals surface area contributed by atoms with Crippen LogP contribution in [-0.2, 0) is 0 Å². The molecule has 0 aliphatic rings. The van der Waals surface area contributed by atoms with E-state index in [-0.39, 0.29) is 0 Å². The monoisotopic (exact) mass is 184 g/mol. The standard InChI is InChI=1S/C9H9ClS/c10-9-6-2-1-4-8(9)5-3-7-11/h1-6,11H,7H2. The summed E-state index contributed by atoms with van der Waals surface area (Å²) in [6.07, 6.45) is 3.93. The Balaban J connectivity index is 2.86. The molecular formula is C9H9ClS. The average molecular weight is 185 g/mol. The Bertz CT molecular complexity index is 255. The van der Waals surface area contributed by atoms with Gasteiger partial charge in [-0.25, -0.2) is 0 Å². The molecule has 0 aliphatic heterocycles. The summed E-state index contributed by atoms with van der Waals surface area (Å²) >= 11 is 9.94. The molecule has 0 spiro atoms. The Morgan fingerprint density at radius 1 is 1.36 bits per heavy atom. The smallest absolute Gasteiger partial charge is 0.0478 e. The minimum Gasteiger partial charge on any atom is -0.175 e. The van der Waals surface area contributed by atoms with Crippen LogP contribution in [0, 0.1) is 0 Å². The molecule has 0 aromatic heterocycles. The van der Waals surface area contributed by atoms with Gasteiger partial charge in [0.1, 0.15) is 0 Å². The summed E-state index contributed by atoms with van der Waals surface area (Å²) in [5.41, 5.74) is 1.04. The summed E-state index contributed by atoms with van der Waals surface area (Å²) in [6.45, 7) is 0. The molecule has 0 unspecified atom stereocenters. The third-order valence-electron chi connectivity index (χ3n) is 1.31. The lowest BCUT2D eigenvalue weighted by atomic mass is 10.2. The molecule has 0 saturated heterocycles. The number of thiol groups is 1. The van der Waals surface area contributed by atoms with E-state index in [2.05, 4.69) is 12.6 Å². The maximum Gasteiger partial charge on any atom is 0.0478 e. The molecule has 11 heavy (non-hydrogen) atoms. The van der Waals surface area contributed by atoms with Gasteiger partial charge < -0.3 is 0 Å². The van der Waals surface area contributed by atoms with E-state index >= 15 is 0 Å². The summed E-state index contributed by atoms with van der Waals surface area (Å²) in [5, 5.41) is 0.783. The third kappa shape index (κ3) is 2.60. The topological polar surface area (TPSA) is 0 Å². The van der Waals surface area contributed by atoms with Gasteiger partial charge in [0.2, 0.25) is 0 Å². The highest BCUT2D eigenvalue weighted by molar-refractivity contribution is 7.80. The van der Waals surface area contributed by atoms with Gasteiger partial charge in [0.15, 0.2) is 0 Å². The first-order valence-corrected chi connectivity index (χ1v) is 4.37. The SMILES string of the molecule is SCC=Cc1ccccc1Cl. The fourth-order valence-corrected chi connectivity index (χ4v) is 1.09. The van der Waals surface area contributed by atoms with Crippen LogP contribution >= 0.6 is 24.2 Å². The molecule has 0 aliphatic carbocycles. The second-order valence-electron chi connectivity index (χ2n) is 2.11. The van der Waals surface area contributed by atoms with Crippen molar-refractivity contribution in [3.05, 3.63) is 40.9 Å². The zero-order valence-electron chi connectivity index (χ0n) is 6.00. The lowest BCUT2D eigenvalue weighted by Crippen LogP contribution is -1.72. The molecule has 58 valence electrons. The number of hydrogen-bond donors (Lipinski definition) is 1. The Hall–Kier alpha value is -0.400. The minimum atomic E-state index is 0.741. The first-order valence-electron chi connectivity index (χ1n) is 3.36. The normalized spacial score (nSPS) is 10.7. The van der Waals surface area contributed by atoms with Crippen molar-refractivity contribution < 1.29 is 0 Å². The molecule has 0 heterocycles. The fourth-order valence-electron chi connectivity index (χ4n) is 0.790. The van der Waals surface area contributed by atoms with Crippen molar-refractivity contribution in [1.82, 2.24) is 0 Å². The lowest BCUT2D eigenvalue weighted by molar-refractivity contribution is 1.65. The van der Waals surface area contributed by atoms with Crippen LogP contribution in [0.2, 0.25) is 5.02 Å². The van der Waals surface area contributed by atoms with Gasteiger partial charge in [-0.05, 0) is 11.6 Å². The quantitative estimate of drug-likeness (QED) is 0.671. The minimum absolute atomic E-state index is 0.741. The molecule has 1 aromatic carbocycles. The van der Waals surface area contributed by atoms with Gasteiger partial charge in [-0.1, -0.05) is 42.0 Å². The van der Waals surface area contributed by atoms with Gasteiger partial charge in [0.25, 0.3) is 0 Å². The molecule has 0 saturated carbocycles. The van der Waals surface area contributed by atoms with Crippen LogP contribution in [0.5, 0.6) is 0 Å². The van der Waals surface area contributed by atoms with Crippen LogP contribution in [0.1, 0.15) is 5.56 Å². The molecular weight excluding hydrogens is 176 g/mol. The highest BCUT2D eigenvalue weighted by Gasteiger charge is 1.90. The predicted octanol–water partition coefficient (Wildman–Crippen LogP) is 3.28. The van der Waals surface area contributed by atoms with Gasteiger partial charge in [-0.2, -0.15) is 12.6 Å². The lowest BCUT2D eigenvalue weighted by Gasteiger charge is -1.94. The molecule has 0 nitrogen and oxygen atoms in total. The highest BCUT2D eigenvalue weighted by Crippen LogP contribution is 2.15. The third-order valence-corrected chi connectivity index (χ3v) is 1.86. The average Bonchev–Trinajstić information content (AvgIpc) is 2.03. The Kier molecular flexibility index (Phi) is 3.53. The molecule has 0 atom stereocenters. The second-order valence-corrected chi connectivity index (χ2v) is 2.88. The molecule has 1 aromatic rings. The van der Waals surface area contributed by atoms with E-state index < -0.39 is 0 Å². The van der Waals surface area contributed by atoms with Gasteiger partial charge in [-0.3, -0.25) is 0 Å². The van der Waals surface area contributed by atoms with Crippen molar-refractivity contribution in [3.8, 4) is 0 Å². The van der Waals surface area contributed by atoms with E-state index in [9.17, 15) is 0 Å². The van der Waals surface area contributed by atoms with Crippen molar-refractivity contribution in [3.63, 3.8) is 0 Å². The number of hydrogen-bond acceptors (Lipinski definition) is 1. The number of benzene rings is 1. The van der Waals surface area contributed by atoms with E-state index in [4.69, 9.17) is 11.6 Å². The molecule has 2 heteroatoms. The first-order chi connectivity index (χ1) is 5.34. The van der Waals surface area contributed by atoms with Crippen LogP contribution in [0.15, 0.2) is 30.3 Å². The molecule has 0 amide bonds. The van der Waals surface area contributed by atoms with Crippen molar-refractivity contribution >= 4 is 30.3 Å². The first kappa shape index (κ1) is 8.69. The zero-order valence-corrected chi connectivity index (χ0v) is 7.65. The van der Waals surface area contributed by atoms with Crippen molar-refractivity contribution in [1.29, 1.82) is 0 Å². The van der Waals surface area contributed by atoms with E-state index in [0.717, 1.165) is 16.3 Å². The van der Waals surface area contributed by atoms with E-state index in [1.165, 1.54) is 0 Å². The summed E-state index contributed by atoms with van der Waals surface area (Å²) in [5.74, 6) is 0.741. The number of halogens is 1. The van der Waals surface area contributed by atoms with E-state index in [1.807, 2.05) is 36.4 Å². The van der Waals surface area contributed by atoms with Gasteiger partial charge >= 0.3 is 0 Å². The van der Waals surface area contributed by atoms with Crippen molar-refractivity contribution in [2.75, 3.05) is 5.75 Å². The van der Waals surface area contributed by atoms with Crippen LogP contribution in [-0.4, -0.2) is 5.75 Å². The predicted molar refractivity (Wildman–Crippen MR) is 54.3 cm³/mol. The van der Waals surface area contributed by atoms with Crippen molar-refractivity contribution in [2.24, 2.45) is 0 Å². The molecule has 0 radical (unpaired) electrons. The Labute approximate surface area is 77.3 Å².